The summed E-state index contributed by atoms with van der Waals surface area (Å²) >= 11 is 0. The molecule has 1 N–H and O–H groups in total. The fourth-order valence-electron chi connectivity index (χ4n) is 3.57. The minimum atomic E-state index is -0.195. The zero-order chi connectivity index (χ0) is 17.3. The van der Waals surface area contributed by atoms with Gasteiger partial charge in [-0.3, -0.25) is 4.79 Å². The maximum Gasteiger partial charge on any atom is 0.317 e. The zero-order valence-electron chi connectivity index (χ0n) is 14.7. The Kier molecular flexibility index (Phi) is 4.51. The van der Waals surface area contributed by atoms with E-state index in [1.807, 2.05) is 43.1 Å². The molecule has 2 aliphatic rings. The van der Waals surface area contributed by atoms with Crippen molar-refractivity contribution in [3.63, 3.8) is 0 Å². The molecular formula is C17H27N5O2. The molecule has 0 saturated carbocycles. The van der Waals surface area contributed by atoms with E-state index in [9.17, 15) is 9.59 Å². The van der Waals surface area contributed by atoms with Crippen molar-refractivity contribution >= 4 is 11.9 Å². The summed E-state index contributed by atoms with van der Waals surface area (Å²) < 4.78 is 2.12. The van der Waals surface area contributed by atoms with Crippen LogP contribution in [-0.2, 0) is 4.79 Å². The molecule has 1 atom stereocenters. The summed E-state index contributed by atoms with van der Waals surface area (Å²) in [6, 6.07) is 0.282. The van der Waals surface area contributed by atoms with E-state index in [2.05, 4.69) is 14.9 Å². The van der Waals surface area contributed by atoms with E-state index in [0.29, 0.717) is 19.0 Å². The maximum atomic E-state index is 12.5. The monoisotopic (exact) mass is 333 g/mol. The van der Waals surface area contributed by atoms with Crippen molar-refractivity contribution in [1.82, 2.24) is 24.7 Å². The lowest BCUT2D eigenvalue weighted by atomic mass is 10.1. The van der Waals surface area contributed by atoms with Gasteiger partial charge in [0.25, 0.3) is 0 Å². The summed E-state index contributed by atoms with van der Waals surface area (Å²) in [5.41, 5.74) is -0.195. The number of aromatic nitrogens is 2. The first kappa shape index (κ1) is 16.8. The molecule has 2 saturated heterocycles. The van der Waals surface area contributed by atoms with Gasteiger partial charge in [-0.25, -0.2) is 9.78 Å². The van der Waals surface area contributed by atoms with E-state index in [1.54, 1.807) is 6.20 Å². The summed E-state index contributed by atoms with van der Waals surface area (Å²) in [5.74, 6) is 0.117. The smallest absolute Gasteiger partial charge is 0.317 e. The second-order valence-corrected chi connectivity index (χ2v) is 7.75. The fraction of sp³-hybridized carbons (Fsp3) is 0.706. The van der Waals surface area contributed by atoms with E-state index in [0.717, 1.165) is 25.9 Å². The van der Waals surface area contributed by atoms with E-state index >= 15 is 0 Å². The van der Waals surface area contributed by atoms with Crippen molar-refractivity contribution in [2.75, 3.05) is 19.6 Å². The van der Waals surface area contributed by atoms with Crippen molar-refractivity contribution in [3.05, 3.63) is 18.7 Å². The van der Waals surface area contributed by atoms with Crippen LogP contribution in [0.5, 0.6) is 0 Å². The molecule has 3 amide bonds. The third-order valence-corrected chi connectivity index (χ3v) is 4.96. The predicted octanol–water partition coefficient (Wildman–Crippen LogP) is 1.63. The van der Waals surface area contributed by atoms with Gasteiger partial charge in [0.05, 0.1) is 12.4 Å². The second-order valence-electron chi connectivity index (χ2n) is 7.75. The highest BCUT2D eigenvalue weighted by Gasteiger charge is 2.37. The standard InChI is InChI=1S/C17H27N5O2/c1-17(2,3)22-11-13(10-15(22)23)19-16(24)20-7-4-14(5-8-20)21-9-6-18-12-21/h6,9,12-14H,4-5,7-8,10-11H2,1-3H3,(H,19,24)/t13-/m0/s1. The molecule has 0 spiro atoms. The highest BCUT2D eigenvalue weighted by atomic mass is 16.2. The van der Waals surface area contributed by atoms with Crippen molar-refractivity contribution in [2.45, 2.75) is 57.7 Å². The SMILES string of the molecule is CC(C)(C)N1C[C@@H](NC(=O)N2CCC(n3ccnc3)CC2)CC1=O. The van der Waals surface area contributed by atoms with Gasteiger partial charge in [-0.15, -0.1) is 0 Å². The topological polar surface area (TPSA) is 70.5 Å². The molecule has 3 heterocycles. The number of hydrogen-bond donors (Lipinski definition) is 1. The van der Waals surface area contributed by atoms with Crippen LogP contribution in [-0.4, -0.2) is 62.5 Å². The lowest BCUT2D eigenvalue weighted by Crippen LogP contribution is -2.49. The largest absolute Gasteiger partial charge is 0.336 e. The molecule has 132 valence electrons. The van der Waals surface area contributed by atoms with Crippen molar-refractivity contribution in [2.24, 2.45) is 0 Å². The van der Waals surface area contributed by atoms with E-state index in [4.69, 9.17) is 0 Å². The van der Waals surface area contributed by atoms with Crippen LogP contribution >= 0.6 is 0 Å². The Morgan fingerprint density at radius 2 is 2.00 bits per heavy atom. The zero-order valence-corrected chi connectivity index (χ0v) is 14.7. The van der Waals surface area contributed by atoms with Crippen LogP contribution < -0.4 is 5.32 Å². The fourth-order valence-corrected chi connectivity index (χ4v) is 3.57. The Bertz CT molecular complexity index is 585. The third-order valence-electron chi connectivity index (χ3n) is 4.96. The Hall–Kier alpha value is -2.05. The summed E-state index contributed by atoms with van der Waals surface area (Å²) in [7, 11) is 0. The molecular weight excluding hydrogens is 306 g/mol. The molecule has 0 radical (unpaired) electrons. The number of carbonyl (C=O) groups excluding carboxylic acids is 2. The molecule has 0 aromatic carbocycles. The molecule has 0 aliphatic carbocycles. The molecule has 0 bridgehead atoms. The summed E-state index contributed by atoms with van der Waals surface area (Å²) in [4.78, 5) is 32.4. The lowest BCUT2D eigenvalue weighted by Gasteiger charge is -2.34. The molecule has 24 heavy (non-hydrogen) atoms. The Morgan fingerprint density at radius 3 is 2.54 bits per heavy atom. The lowest BCUT2D eigenvalue weighted by molar-refractivity contribution is -0.131. The Morgan fingerprint density at radius 1 is 1.29 bits per heavy atom. The summed E-state index contributed by atoms with van der Waals surface area (Å²) in [6.45, 7) is 8.14. The average Bonchev–Trinajstić information content (AvgIpc) is 3.16. The number of rotatable bonds is 2. The van der Waals surface area contributed by atoms with Crippen molar-refractivity contribution < 1.29 is 9.59 Å². The van der Waals surface area contributed by atoms with Crippen LogP contribution in [0, 0.1) is 0 Å². The number of amides is 3. The number of nitrogens with one attached hydrogen (secondary N) is 1. The predicted molar refractivity (Wildman–Crippen MR) is 90.5 cm³/mol. The highest BCUT2D eigenvalue weighted by molar-refractivity contribution is 5.82. The molecule has 7 nitrogen and oxygen atoms in total. The molecule has 2 fully saturated rings. The van der Waals surface area contributed by atoms with Crippen LogP contribution in [0.3, 0.4) is 0 Å². The first-order chi connectivity index (χ1) is 11.3. The number of carbonyl (C=O) groups is 2. The third kappa shape index (κ3) is 3.55. The second kappa shape index (κ2) is 6.45. The number of piperidine rings is 1. The quantitative estimate of drug-likeness (QED) is 0.894. The van der Waals surface area contributed by atoms with Crippen LogP contribution in [0.1, 0.15) is 46.1 Å². The van der Waals surface area contributed by atoms with Gasteiger partial charge in [0.1, 0.15) is 0 Å². The van der Waals surface area contributed by atoms with Gasteiger partial charge in [0.2, 0.25) is 5.91 Å². The van der Waals surface area contributed by atoms with Crippen LogP contribution in [0.2, 0.25) is 0 Å². The molecule has 7 heteroatoms. The van der Waals surface area contributed by atoms with Crippen LogP contribution in [0.15, 0.2) is 18.7 Å². The first-order valence-electron chi connectivity index (χ1n) is 8.68. The minimum Gasteiger partial charge on any atom is -0.336 e. The average molecular weight is 333 g/mol. The van der Waals surface area contributed by atoms with Gasteiger partial charge >= 0.3 is 6.03 Å². The number of hydrogen-bond acceptors (Lipinski definition) is 3. The minimum absolute atomic E-state index is 0.0485. The highest BCUT2D eigenvalue weighted by Crippen LogP contribution is 2.24. The normalized spacial score (nSPS) is 23.0. The summed E-state index contributed by atoms with van der Waals surface area (Å²) in [5, 5.41) is 3.04. The van der Waals surface area contributed by atoms with Gasteiger partial charge in [0, 0.05) is 50.0 Å². The van der Waals surface area contributed by atoms with E-state index in [1.165, 1.54) is 0 Å². The van der Waals surface area contributed by atoms with Gasteiger partial charge < -0.3 is 19.7 Å². The molecule has 1 aromatic rings. The molecule has 1 aromatic heterocycles. The molecule has 2 aliphatic heterocycles. The number of urea groups is 1. The number of imidazole rings is 1. The van der Waals surface area contributed by atoms with Crippen molar-refractivity contribution in [3.8, 4) is 0 Å². The van der Waals surface area contributed by atoms with Crippen molar-refractivity contribution in [1.29, 1.82) is 0 Å². The molecule has 0 unspecified atom stereocenters. The van der Waals surface area contributed by atoms with Gasteiger partial charge in [-0.05, 0) is 33.6 Å². The van der Waals surface area contributed by atoms with Crippen LogP contribution in [0.4, 0.5) is 4.79 Å². The summed E-state index contributed by atoms with van der Waals surface area (Å²) in [6.07, 6.45) is 7.87. The molecule has 3 rings (SSSR count). The van der Waals surface area contributed by atoms with Gasteiger partial charge in [-0.1, -0.05) is 0 Å². The van der Waals surface area contributed by atoms with Crippen LogP contribution in [0.25, 0.3) is 0 Å². The maximum absolute atomic E-state index is 12.5. The van der Waals surface area contributed by atoms with Gasteiger partial charge in [0.15, 0.2) is 0 Å². The number of nitrogens with zero attached hydrogens (tertiary/aromatic N) is 4. The Labute approximate surface area is 143 Å². The van der Waals surface area contributed by atoms with E-state index < -0.39 is 0 Å². The van der Waals surface area contributed by atoms with Gasteiger partial charge in [-0.2, -0.15) is 0 Å². The Balaban J connectivity index is 1.49. The number of likely N-dealkylation sites (tertiary alicyclic amines) is 2. The van der Waals surface area contributed by atoms with E-state index in [-0.39, 0.29) is 23.5 Å². The first-order valence-corrected chi connectivity index (χ1v) is 8.68.